The molecule has 3 aromatic heterocycles. The second kappa shape index (κ2) is 23.0. The van der Waals surface area contributed by atoms with Crippen molar-refractivity contribution in [3.8, 4) is 28.5 Å². The second-order valence-electron chi connectivity index (χ2n) is 13.8. The molecule has 11 heteroatoms. The molecule has 0 saturated heterocycles. The summed E-state index contributed by atoms with van der Waals surface area (Å²) in [5, 5.41) is 17.4. The second-order valence-corrected chi connectivity index (χ2v) is 14.6. The van der Waals surface area contributed by atoms with Crippen molar-refractivity contribution in [3.05, 3.63) is 210 Å². The van der Waals surface area contributed by atoms with Crippen molar-refractivity contribution in [3.63, 3.8) is 0 Å². The third-order valence-corrected chi connectivity index (χ3v) is 9.54. The maximum Gasteiger partial charge on any atom is 0.168 e. The molecule has 308 valence electrons. The first-order valence-corrected chi connectivity index (χ1v) is 20.3. The highest BCUT2D eigenvalue weighted by Crippen LogP contribution is 2.29. The summed E-state index contributed by atoms with van der Waals surface area (Å²) in [6.45, 7) is 7.87. The third kappa shape index (κ3) is 13.5. The van der Waals surface area contributed by atoms with Gasteiger partial charge in [0.15, 0.2) is 22.0 Å². The zero-order valence-electron chi connectivity index (χ0n) is 35.2. The highest BCUT2D eigenvalue weighted by Gasteiger charge is 2.18. The van der Waals surface area contributed by atoms with E-state index in [2.05, 4.69) is 58.0 Å². The van der Waals surface area contributed by atoms with Crippen LogP contribution in [0, 0.1) is 27.7 Å². The number of rotatable bonds is 7. The van der Waals surface area contributed by atoms with E-state index in [1.165, 1.54) is 5.69 Å². The van der Waals surface area contributed by atoms with Gasteiger partial charge in [-0.2, -0.15) is 0 Å². The number of nitrogens with zero attached hydrogens (tertiary/aromatic N) is 8. The Bertz CT molecular complexity index is 2510. The van der Waals surface area contributed by atoms with Crippen molar-refractivity contribution in [2.45, 2.75) is 27.7 Å². The number of nitrogen functional groups attached to an aromatic ring is 1. The first-order valence-electron chi connectivity index (χ1n) is 19.5. The van der Waals surface area contributed by atoms with Gasteiger partial charge in [0.1, 0.15) is 0 Å². The molecule has 8 rings (SSSR count). The van der Waals surface area contributed by atoms with Gasteiger partial charge in [-0.05, 0) is 64.1 Å². The Hall–Kier alpha value is -6.94. The number of halogens is 2. The molecule has 3 heterocycles. The lowest BCUT2D eigenvalue weighted by atomic mass is 10.1. The highest BCUT2D eigenvalue weighted by atomic mass is 35.5. The zero-order chi connectivity index (χ0) is 43.6. The van der Waals surface area contributed by atoms with E-state index in [1.54, 1.807) is 0 Å². The minimum atomic E-state index is 0.310. The summed E-state index contributed by atoms with van der Waals surface area (Å²) in [6, 6.07) is 57.2. The number of aromatic nitrogens is 5. The number of nitrogens with two attached hydrogens (primary N) is 1. The van der Waals surface area contributed by atoms with Crippen molar-refractivity contribution in [2.75, 3.05) is 24.7 Å². The van der Waals surface area contributed by atoms with Gasteiger partial charge in [-0.3, -0.25) is 14.5 Å². The Morgan fingerprint density at radius 2 is 0.869 bits per heavy atom. The van der Waals surface area contributed by atoms with E-state index < -0.39 is 0 Å². The van der Waals surface area contributed by atoms with E-state index in [0.29, 0.717) is 10.3 Å². The summed E-state index contributed by atoms with van der Waals surface area (Å²) in [5.74, 6) is 1.63. The van der Waals surface area contributed by atoms with Crippen LogP contribution in [0.1, 0.15) is 33.9 Å². The Morgan fingerprint density at radius 3 is 1.23 bits per heavy atom. The van der Waals surface area contributed by atoms with E-state index in [1.807, 2.05) is 200 Å². The monoisotopic (exact) mass is 845 g/mol. The van der Waals surface area contributed by atoms with Crippen molar-refractivity contribution >= 4 is 44.9 Å². The van der Waals surface area contributed by atoms with Gasteiger partial charge in [-0.1, -0.05) is 163 Å². The van der Waals surface area contributed by atoms with Crippen LogP contribution in [0.4, 0.5) is 11.4 Å². The molecule has 9 nitrogen and oxygen atoms in total. The van der Waals surface area contributed by atoms with Crippen molar-refractivity contribution in [2.24, 2.45) is 10.2 Å². The minimum Gasteiger partial charge on any atom is -0.397 e. The van der Waals surface area contributed by atoms with E-state index in [-0.39, 0.29) is 0 Å². The molecule has 0 radical (unpaired) electrons. The van der Waals surface area contributed by atoms with Gasteiger partial charge in [-0.15, -0.1) is 20.4 Å². The molecule has 0 aliphatic rings. The van der Waals surface area contributed by atoms with Crippen molar-refractivity contribution in [1.82, 2.24) is 24.7 Å². The molecule has 0 saturated carbocycles. The largest absolute Gasteiger partial charge is 0.397 e. The number of anilines is 2. The number of para-hydroxylation sites is 1. The Balaban J connectivity index is 0.000000170. The maximum absolute atomic E-state index is 6.02. The van der Waals surface area contributed by atoms with Crippen LogP contribution in [-0.2, 0) is 0 Å². The van der Waals surface area contributed by atoms with E-state index in [9.17, 15) is 0 Å². The van der Waals surface area contributed by atoms with E-state index in [0.717, 1.165) is 68.1 Å². The molecular formula is C50H49Cl2N9. The number of aryl methyl sites for hydroxylation is 4. The predicted molar refractivity (Wildman–Crippen MR) is 256 cm³/mol. The van der Waals surface area contributed by atoms with Crippen LogP contribution in [-0.4, -0.2) is 49.2 Å². The molecule has 0 unspecified atom stereocenters. The summed E-state index contributed by atoms with van der Waals surface area (Å²) in [6.07, 6.45) is 0. The summed E-state index contributed by atoms with van der Waals surface area (Å²) < 4.78 is 2.09. The molecule has 61 heavy (non-hydrogen) atoms. The number of pyridine rings is 2. The van der Waals surface area contributed by atoms with Crippen LogP contribution in [0.25, 0.3) is 28.5 Å². The molecule has 0 aliphatic heterocycles. The third-order valence-electron chi connectivity index (χ3n) is 8.95. The average Bonchev–Trinajstić information content (AvgIpc) is 3.74. The van der Waals surface area contributed by atoms with Gasteiger partial charge in [0.05, 0.1) is 22.8 Å². The Kier molecular flexibility index (Phi) is 17.0. The lowest BCUT2D eigenvalue weighted by molar-refractivity contribution is 1.00. The van der Waals surface area contributed by atoms with Gasteiger partial charge in [-0.25, -0.2) is 0 Å². The smallest absolute Gasteiger partial charge is 0.168 e. The molecule has 8 aromatic rings. The van der Waals surface area contributed by atoms with E-state index >= 15 is 0 Å². The highest BCUT2D eigenvalue weighted by molar-refractivity contribution is 6.71. The van der Waals surface area contributed by atoms with Crippen LogP contribution in [0.15, 0.2) is 186 Å². The van der Waals surface area contributed by atoms with Crippen LogP contribution in [0.2, 0.25) is 0 Å². The molecule has 0 amide bonds. The predicted octanol–water partition coefficient (Wildman–Crippen LogP) is 11.9. The fourth-order valence-corrected chi connectivity index (χ4v) is 6.08. The van der Waals surface area contributed by atoms with Crippen LogP contribution in [0.3, 0.4) is 0 Å². The SMILES string of the molecule is CN(C)c1ccccc1.Cc1ccc(-n2c(-c3ccccc3)nnc2-c2ccccc2)c(C)n1.Cc1ccc(N)c(C)n1.Cl/C(=N\N=C(/Cl)c1ccccc1)c1ccccc1. The molecule has 0 spiro atoms. The fourth-order valence-electron chi connectivity index (χ4n) is 5.75. The molecule has 0 aliphatic carbocycles. The standard InChI is InChI=1S/C21H18N4.C14H10Cl2N2.C8H11N.C7H10N2/c1-15-13-14-19(16(2)22-15)25-20(17-9-5-3-6-10-17)23-24-21(25)18-11-7-4-8-12-18;15-13(11-7-3-1-4-8-11)17-18-14(16)12-9-5-2-6-10-12;1-9(2)8-6-4-3-5-7-8;1-5-3-4-7(8)6(2)9-5/h3-14H,1-2H3;1-10H;3-7H,1-2H3;3-4H,8H2,1-2H3/b;17-13-,18-14-;;. The first kappa shape index (κ1) is 45.1. The van der Waals surface area contributed by atoms with Gasteiger partial charge < -0.3 is 10.6 Å². The number of hydrogen-bond donors (Lipinski definition) is 1. The topological polar surface area (TPSA) is 110 Å². The minimum absolute atomic E-state index is 0.310. The summed E-state index contributed by atoms with van der Waals surface area (Å²) >= 11 is 12.0. The molecule has 2 N–H and O–H groups in total. The maximum atomic E-state index is 6.02. The lowest BCUT2D eigenvalue weighted by Gasteiger charge is -2.13. The number of benzene rings is 5. The van der Waals surface area contributed by atoms with Gasteiger partial charge in [0.2, 0.25) is 0 Å². The summed E-state index contributed by atoms with van der Waals surface area (Å²) in [7, 11) is 4.07. The van der Waals surface area contributed by atoms with Gasteiger partial charge >= 0.3 is 0 Å². The van der Waals surface area contributed by atoms with Gasteiger partial charge in [0, 0.05) is 53.4 Å². The fraction of sp³-hybridized carbons (Fsp3) is 0.120. The van der Waals surface area contributed by atoms with Crippen molar-refractivity contribution in [1.29, 1.82) is 0 Å². The normalized spacial score (nSPS) is 10.9. The summed E-state index contributed by atoms with van der Waals surface area (Å²) in [5.41, 5.74) is 16.1. The molecule has 0 bridgehead atoms. The zero-order valence-corrected chi connectivity index (χ0v) is 36.7. The quantitative estimate of drug-likeness (QED) is 0.126. The van der Waals surface area contributed by atoms with Crippen LogP contribution in [0.5, 0.6) is 0 Å². The molecular weight excluding hydrogens is 798 g/mol. The molecule has 5 aromatic carbocycles. The molecule has 0 fully saturated rings. The molecule has 0 atom stereocenters. The Labute approximate surface area is 369 Å². The average molecular weight is 847 g/mol. The van der Waals surface area contributed by atoms with Crippen molar-refractivity contribution < 1.29 is 0 Å². The van der Waals surface area contributed by atoms with Gasteiger partial charge in [0.25, 0.3) is 0 Å². The van der Waals surface area contributed by atoms with Crippen LogP contribution >= 0.6 is 23.2 Å². The lowest BCUT2D eigenvalue weighted by Crippen LogP contribution is -2.07. The summed E-state index contributed by atoms with van der Waals surface area (Å²) in [4.78, 5) is 10.9. The Morgan fingerprint density at radius 1 is 0.492 bits per heavy atom. The van der Waals surface area contributed by atoms with Crippen LogP contribution < -0.4 is 10.6 Å². The number of hydrogen-bond acceptors (Lipinski definition) is 8. The van der Waals surface area contributed by atoms with E-state index in [4.69, 9.17) is 28.9 Å². The first-order chi connectivity index (χ1) is 29.5.